The first-order valence-corrected chi connectivity index (χ1v) is 5.02. The number of para-hydroxylation sites is 1. The van der Waals surface area contributed by atoms with Crippen molar-refractivity contribution in [2.75, 3.05) is 6.54 Å². The van der Waals surface area contributed by atoms with Crippen molar-refractivity contribution in [2.24, 2.45) is 0 Å². The van der Waals surface area contributed by atoms with Gasteiger partial charge in [-0.15, -0.1) is 6.42 Å². The van der Waals surface area contributed by atoms with Gasteiger partial charge in [0.2, 0.25) is 0 Å². The van der Waals surface area contributed by atoms with Crippen LogP contribution >= 0.6 is 0 Å². The number of terminal acetylenes is 1. The Balaban J connectivity index is 2.39. The van der Waals surface area contributed by atoms with E-state index in [2.05, 4.69) is 16.2 Å². The molecule has 2 N–H and O–H groups in total. The van der Waals surface area contributed by atoms with Gasteiger partial charge in [0.05, 0.1) is 6.54 Å². The first-order valence-electron chi connectivity index (χ1n) is 5.02. The van der Waals surface area contributed by atoms with Gasteiger partial charge in [-0.2, -0.15) is 0 Å². The van der Waals surface area contributed by atoms with Gasteiger partial charge >= 0.3 is 0 Å². The van der Waals surface area contributed by atoms with E-state index in [0.29, 0.717) is 18.6 Å². The number of hydrogen-bond donors (Lipinski definition) is 2. The van der Waals surface area contributed by atoms with Crippen LogP contribution in [0.15, 0.2) is 30.5 Å². The largest absolute Gasteiger partial charge is 0.506 e. The number of aromatic hydroxyl groups is 1. The SMILES string of the molecule is C#CCNCc1ccnc2c(O)cccc12. The monoisotopic (exact) mass is 212 g/mol. The lowest BCUT2D eigenvalue weighted by Gasteiger charge is -2.06. The van der Waals surface area contributed by atoms with Crippen LogP contribution in [0.2, 0.25) is 0 Å². The zero-order chi connectivity index (χ0) is 11.4. The molecule has 0 unspecified atom stereocenters. The molecule has 0 atom stereocenters. The van der Waals surface area contributed by atoms with E-state index in [1.165, 1.54) is 0 Å². The van der Waals surface area contributed by atoms with Gasteiger partial charge < -0.3 is 10.4 Å². The summed E-state index contributed by atoms with van der Waals surface area (Å²) in [4.78, 5) is 4.15. The number of pyridine rings is 1. The van der Waals surface area contributed by atoms with Crippen molar-refractivity contribution in [3.63, 3.8) is 0 Å². The van der Waals surface area contributed by atoms with Gasteiger partial charge in [-0.05, 0) is 17.7 Å². The predicted molar refractivity (Wildman–Crippen MR) is 63.9 cm³/mol. The van der Waals surface area contributed by atoms with E-state index >= 15 is 0 Å². The van der Waals surface area contributed by atoms with Crippen molar-refractivity contribution < 1.29 is 5.11 Å². The minimum Gasteiger partial charge on any atom is -0.506 e. The number of phenols is 1. The normalized spacial score (nSPS) is 10.2. The summed E-state index contributed by atoms with van der Waals surface area (Å²) >= 11 is 0. The fourth-order valence-electron chi connectivity index (χ4n) is 1.64. The number of aromatic nitrogens is 1. The van der Waals surface area contributed by atoms with Crippen molar-refractivity contribution >= 4 is 10.9 Å². The lowest BCUT2D eigenvalue weighted by molar-refractivity contribution is 0.480. The van der Waals surface area contributed by atoms with Crippen LogP contribution in [0.1, 0.15) is 5.56 Å². The lowest BCUT2D eigenvalue weighted by atomic mass is 10.1. The van der Waals surface area contributed by atoms with Crippen LogP contribution in [0.3, 0.4) is 0 Å². The standard InChI is InChI=1S/C13H12N2O/c1-2-7-14-9-10-6-8-15-13-11(10)4-3-5-12(13)16/h1,3-6,8,14,16H,7,9H2. The van der Waals surface area contributed by atoms with E-state index in [1.807, 2.05) is 18.2 Å². The fourth-order valence-corrected chi connectivity index (χ4v) is 1.64. The van der Waals surface area contributed by atoms with Crippen LogP contribution in [-0.4, -0.2) is 16.6 Å². The zero-order valence-electron chi connectivity index (χ0n) is 8.77. The highest BCUT2D eigenvalue weighted by Gasteiger charge is 2.04. The van der Waals surface area contributed by atoms with E-state index in [9.17, 15) is 5.11 Å². The molecule has 1 aromatic heterocycles. The first-order chi connectivity index (χ1) is 7.83. The molecule has 0 aliphatic heterocycles. The third-order valence-electron chi connectivity index (χ3n) is 2.38. The maximum Gasteiger partial charge on any atom is 0.141 e. The van der Waals surface area contributed by atoms with Crippen molar-refractivity contribution in [1.29, 1.82) is 0 Å². The molecule has 3 nitrogen and oxygen atoms in total. The third-order valence-corrected chi connectivity index (χ3v) is 2.38. The first kappa shape index (κ1) is 10.5. The summed E-state index contributed by atoms with van der Waals surface area (Å²) in [6.07, 6.45) is 6.85. The van der Waals surface area contributed by atoms with Crippen LogP contribution in [0.4, 0.5) is 0 Å². The van der Waals surface area contributed by atoms with E-state index in [-0.39, 0.29) is 5.75 Å². The van der Waals surface area contributed by atoms with Gasteiger partial charge in [0.1, 0.15) is 11.3 Å². The van der Waals surface area contributed by atoms with Crippen LogP contribution in [0.5, 0.6) is 5.75 Å². The highest BCUT2D eigenvalue weighted by atomic mass is 16.3. The molecule has 2 aromatic rings. The number of hydrogen-bond acceptors (Lipinski definition) is 3. The predicted octanol–water partition coefficient (Wildman–Crippen LogP) is 1.66. The van der Waals surface area contributed by atoms with E-state index in [1.54, 1.807) is 12.3 Å². The summed E-state index contributed by atoms with van der Waals surface area (Å²) in [5.74, 6) is 2.73. The van der Waals surface area contributed by atoms with Crippen LogP contribution in [-0.2, 0) is 6.54 Å². The average molecular weight is 212 g/mol. The Labute approximate surface area is 94.1 Å². The summed E-state index contributed by atoms with van der Waals surface area (Å²) in [5.41, 5.74) is 1.71. The third kappa shape index (κ3) is 1.97. The maximum absolute atomic E-state index is 9.65. The molecule has 0 saturated heterocycles. The molecule has 0 saturated carbocycles. The molecule has 0 radical (unpaired) electrons. The minimum atomic E-state index is 0.205. The molecular formula is C13H12N2O. The van der Waals surface area contributed by atoms with Gasteiger partial charge in [-0.3, -0.25) is 4.98 Å². The number of benzene rings is 1. The molecule has 0 spiro atoms. The summed E-state index contributed by atoms with van der Waals surface area (Å²) in [6.45, 7) is 1.20. The molecule has 0 aliphatic carbocycles. The fraction of sp³-hybridized carbons (Fsp3) is 0.154. The Morgan fingerprint density at radius 3 is 3.06 bits per heavy atom. The summed E-state index contributed by atoms with van der Waals surface area (Å²) in [5, 5.41) is 13.7. The van der Waals surface area contributed by atoms with Gasteiger partial charge in [0.25, 0.3) is 0 Å². The Bertz CT molecular complexity index is 543. The molecule has 1 aromatic carbocycles. The van der Waals surface area contributed by atoms with Gasteiger partial charge in [0, 0.05) is 18.1 Å². The molecule has 0 aliphatic rings. The maximum atomic E-state index is 9.65. The van der Waals surface area contributed by atoms with Crippen molar-refractivity contribution in [3.05, 3.63) is 36.0 Å². The molecule has 0 fully saturated rings. The molecule has 16 heavy (non-hydrogen) atoms. The highest BCUT2D eigenvalue weighted by Crippen LogP contribution is 2.24. The number of nitrogens with one attached hydrogen (secondary N) is 1. The molecule has 0 bridgehead atoms. The van der Waals surface area contributed by atoms with Gasteiger partial charge in [-0.1, -0.05) is 18.1 Å². The van der Waals surface area contributed by atoms with Gasteiger partial charge in [0.15, 0.2) is 0 Å². The summed E-state index contributed by atoms with van der Waals surface area (Å²) in [7, 11) is 0. The van der Waals surface area contributed by atoms with Crippen molar-refractivity contribution in [2.45, 2.75) is 6.54 Å². The van der Waals surface area contributed by atoms with Crippen LogP contribution in [0.25, 0.3) is 10.9 Å². The molecule has 80 valence electrons. The van der Waals surface area contributed by atoms with E-state index < -0.39 is 0 Å². The van der Waals surface area contributed by atoms with Crippen LogP contribution in [0, 0.1) is 12.3 Å². The van der Waals surface area contributed by atoms with E-state index in [4.69, 9.17) is 6.42 Å². The Morgan fingerprint density at radius 2 is 2.25 bits per heavy atom. The molecule has 1 heterocycles. The Morgan fingerprint density at radius 1 is 1.38 bits per heavy atom. The summed E-state index contributed by atoms with van der Waals surface area (Å²) in [6, 6.07) is 7.30. The Kier molecular flexibility index (Phi) is 3.04. The summed E-state index contributed by atoms with van der Waals surface area (Å²) < 4.78 is 0. The number of phenolic OH excluding ortho intramolecular Hbond substituents is 1. The zero-order valence-corrected chi connectivity index (χ0v) is 8.77. The Hall–Kier alpha value is -2.05. The van der Waals surface area contributed by atoms with Crippen molar-refractivity contribution in [3.8, 4) is 18.1 Å². The average Bonchev–Trinajstić information content (AvgIpc) is 2.31. The highest BCUT2D eigenvalue weighted by molar-refractivity contribution is 5.86. The number of nitrogens with zero attached hydrogens (tertiary/aromatic N) is 1. The van der Waals surface area contributed by atoms with Gasteiger partial charge in [-0.25, -0.2) is 0 Å². The number of fused-ring (bicyclic) bond motifs is 1. The molecular weight excluding hydrogens is 200 g/mol. The smallest absolute Gasteiger partial charge is 0.141 e. The second-order valence-electron chi connectivity index (χ2n) is 3.45. The van der Waals surface area contributed by atoms with E-state index in [0.717, 1.165) is 10.9 Å². The second kappa shape index (κ2) is 4.65. The molecule has 0 amide bonds. The quantitative estimate of drug-likeness (QED) is 0.601. The molecule has 2 rings (SSSR count). The lowest BCUT2D eigenvalue weighted by Crippen LogP contribution is -2.13. The topological polar surface area (TPSA) is 45.2 Å². The molecule has 3 heteroatoms. The second-order valence-corrected chi connectivity index (χ2v) is 3.45. The van der Waals surface area contributed by atoms with Crippen molar-refractivity contribution in [1.82, 2.24) is 10.3 Å². The van der Waals surface area contributed by atoms with Crippen LogP contribution < -0.4 is 5.32 Å². The minimum absolute atomic E-state index is 0.205. The number of rotatable bonds is 3.